The van der Waals surface area contributed by atoms with E-state index in [2.05, 4.69) is 4.72 Å². The van der Waals surface area contributed by atoms with Gasteiger partial charge in [-0.1, -0.05) is 12.1 Å². The van der Waals surface area contributed by atoms with Crippen LogP contribution in [-0.4, -0.2) is 33.0 Å². The van der Waals surface area contributed by atoms with Crippen LogP contribution >= 0.6 is 0 Å². The predicted molar refractivity (Wildman–Crippen MR) is 75.2 cm³/mol. The molecular weight excluding hydrogens is 278 g/mol. The second kappa shape index (κ2) is 6.03. The lowest BCUT2D eigenvalue weighted by Gasteiger charge is -2.20. The van der Waals surface area contributed by atoms with Crippen LogP contribution in [0.5, 0.6) is 0 Å². The van der Waals surface area contributed by atoms with Crippen LogP contribution in [0.2, 0.25) is 0 Å². The van der Waals surface area contributed by atoms with Gasteiger partial charge in [-0.15, -0.1) is 0 Å². The summed E-state index contributed by atoms with van der Waals surface area (Å²) in [4.78, 5) is 11.3. The van der Waals surface area contributed by atoms with Gasteiger partial charge in [0.05, 0.1) is 11.0 Å². The van der Waals surface area contributed by atoms with E-state index in [1.54, 1.807) is 6.92 Å². The standard InChI is InChI=1S/C14H19NO4S/c1-10(14-4-3-9-19-14)15-20(17,18)13-7-5-12(6-8-13)11(2)16/h5-8,10,14-15H,3-4,9H2,1-2H3/t10-,14+/m0/s1. The zero-order valence-electron chi connectivity index (χ0n) is 11.6. The summed E-state index contributed by atoms with van der Waals surface area (Å²) in [6.07, 6.45) is 1.76. The molecule has 20 heavy (non-hydrogen) atoms. The Morgan fingerprint density at radius 1 is 1.35 bits per heavy atom. The van der Waals surface area contributed by atoms with Crippen LogP contribution < -0.4 is 4.72 Å². The third-order valence-corrected chi connectivity index (χ3v) is 5.01. The van der Waals surface area contributed by atoms with Gasteiger partial charge >= 0.3 is 0 Å². The minimum Gasteiger partial charge on any atom is -0.377 e. The van der Waals surface area contributed by atoms with Gasteiger partial charge in [-0.25, -0.2) is 13.1 Å². The molecule has 0 saturated carbocycles. The molecule has 0 aliphatic carbocycles. The topological polar surface area (TPSA) is 72.5 Å². The predicted octanol–water partition coefficient (Wildman–Crippen LogP) is 1.74. The molecule has 0 spiro atoms. The zero-order valence-corrected chi connectivity index (χ0v) is 12.4. The van der Waals surface area contributed by atoms with Gasteiger partial charge in [-0.2, -0.15) is 0 Å². The van der Waals surface area contributed by atoms with E-state index >= 15 is 0 Å². The van der Waals surface area contributed by atoms with Gasteiger partial charge in [0.25, 0.3) is 0 Å². The van der Waals surface area contributed by atoms with Crippen LogP contribution in [0, 0.1) is 0 Å². The van der Waals surface area contributed by atoms with Gasteiger partial charge < -0.3 is 4.74 Å². The number of ether oxygens (including phenoxy) is 1. The lowest BCUT2D eigenvalue weighted by molar-refractivity contribution is 0.0902. The molecule has 5 nitrogen and oxygen atoms in total. The summed E-state index contributed by atoms with van der Waals surface area (Å²) in [7, 11) is -3.58. The first-order chi connectivity index (χ1) is 9.40. The van der Waals surface area contributed by atoms with Crippen molar-refractivity contribution in [3.63, 3.8) is 0 Å². The van der Waals surface area contributed by atoms with Crippen LogP contribution in [0.25, 0.3) is 0 Å². The number of rotatable bonds is 5. The summed E-state index contributed by atoms with van der Waals surface area (Å²) >= 11 is 0. The van der Waals surface area contributed by atoms with E-state index in [1.807, 2.05) is 0 Å². The molecule has 110 valence electrons. The van der Waals surface area contributed by atoms with Gasteiger partial charge in [0, 0.05) is 18.2 Å². The number of hydrogen-bond donors (Lipinski definition) is 1. The lowest BCUT2D eigenvalue weighted by Crippen LogP contribution is -2.40. The Hall–Kier alpha value is -1.24. The molecular formula is C14H19NO4S. The zero-order chi connectivity index (χ0) is 14.8. The maximum Gasteiger partial charge on any atom is 0.240 e. The number of nitrogens with one attached hydrogen (secondary N) is 1. The molecule has 1 aliphatic heterocycles. The van der Waals surface area contributed by atoms with Crippen LogP contribution in [0.4, 0.5) is 0 Å². The highest BCUT2D eigenvalue weighted by molar-refractivity contribution is 7.89. The van der Waals surface area contributed by atoms with E-state index in [4.69, 9.17) is 4.74 Å². The van der Waals surface area contributed by atoms with E-state index in [1.165, 1.54) is 31.2 Å². The number of ketones is 1. The second-order valence-electron chi connectivity index (χ2n) is 5.04. The van der Waals surface area contributed by atoms with Crippen molar-refractivity contribution in [3.05, 3.63) is 29.8 Å². The number of sulfonamides is 1. The van der Waals surface area contributed by atoms with Gasteiger partial charge in [0.15, 0.2) is 5.78 Å². The molecule has 1 saturated heterocycles. The summed E-state index contributed by atoms with van der Waals surface area (Å²) in [5, 5.41) is 0. The van der Waals surface area contributed by atoms with Crippen molar-refractivity contribution in [1.82, 2.24) is 4.72 Å². The van der Waals surface area contributed by atoms with Gasteiger partial charge in [-0.05, 0) is 38.8 Å². The van der Waals surface area contributed by atoms with Crippen LogP contribution in [0.1, 0.15) is 37.0 Å². The van der Waals surface area contributed by atoms with E-state index in [0.29, 0.717) is 12.2 Å². The molecule has 1 fully saturated rings. The average Bonchev–Trinajstić information content (AvgIpc) is 2.92. The first-order valence-electron chi connectivity index (χ1n) is 6.65. The van der Waals surface area contributed by atoms with Crippen molar-refractivity contribution in [2.24, 2.45) is 0 Å². The van der Waals surface area contributed by atoms with Crippen molar-refractivity contribution in [1.29, 1.82) is 0 Å². The van der Waals surface area contributed by atoms with Gasteiger partial charge in [0.2, 0.25) is 10.0 Å². The molecule has 6 heteroatoms. The molecule has 1 N–H and O–H groups in total. The molecule has 0 unspecified atom stereocenters. The third-order valence-electron chi connectivity index (χ3n) is 3.43. The molecule has 0 bridgehead atoms. The fraction of sp³-hybridized carbons (Fsp3) is 0.500. The normalized spacial score (nSPS) is 20.8. The maximum atomic E-state index is 12.2. The van der Waals surface area contributed by atoms with Crippen molar-refractivity contribution in [2.45, 2.75) is 43.7 Å². The van der Waals surface area contributed by atoms with E-state index in [-0.39, 0.29) is 22.8 Å². The largest absolute Gasteiger partial charge is 0.377 e. The summed E-state index contributed by atoms with van der Waals surface area (Å²) in [6, 6.07) is 5.67. The summed E-state index contributed by atoms with van der Waals surface area (Å²) in [6.45, 7) is 3.93. The van der Waals surface area contributed by atoms with E-state index in [9.17, 15) is 13.2 Å². The Balaban J connectivity index is 2.11. The SMILES string of the molecule is CC(=O)c1ccc(S(=O)(=O)N[C@@H](C)[C@H]2CCCO2)cc1. The maximum absolute atomic E-state index is 12.2. The van der Waals surface area contributed by atoms with Gasteiger partial charge in [-0.3, -0.25) is 4.79 Å². The Morgan fingerprint density at radius 3 is 2.50 bits per heavy atom. The molecule has 0 amide bonds. The smallest absolute Gasteiger partial charge is 0.240 e. The third kappa shape index (κ3) is 3.45. The number of hydrogen-bond acceptors (Lipinski definition) is 4. The molecule has 0 radical (unpaired) electrons. The molecule has 0 aromatic heterocycles. The highest BCUT2D eigenvalue weighted by Crippen LogP contribution is 2.18. The van der Waals surface area contributed by atoms with E-state index in [0.717, 1.165) is 12.8 Å². The molecule has 2 rings (SSSR count). The Morgan fingerprint density at radius 2 is 2.00 bits per heavy atom. The Labute approximate surface area is 119 Å². The molecule has 1 aliphatic rings. The summed E-state index contributed by atoms with van der Waals surface area (Å²) < 4.78 is 32.6. The molecule has 1 aromatic rings. The number of Topliss-reactive ketones (excluding diaryl/α,β-unsaturated/α-hetero) is 1. The average molecular weight is 297 g/mol. The number of benzene rings is 1. The molecule has 2 atom stereocenters. The first kappa shape index (κ1) is 15.2. The molecule has 1 heterocycles. The Kier molecular flexibility index (Phi) is 4.57. The quantitative estimate of drug-likeness (QED) is 0.840. The summed E-state index contributed by atoms with van der Waals surface area (Å²) in [5.41, 5.74) is 0.496. The first-order valence-corrected chi connectivity index (χ1v) is 8.13. The summed E-state index contributed by atoms with van der Waals surface area (Å²) in [5.74, 6) is -0.0883. The van der Waals surface area contributed by atoms with Gasteiger partial charge in [0.1, 0.15) is 0 Å². The van der Waals surface area contributed by atoms with Crippen LogP contribution in [-0.2, 0) is 14.8 Å². The van der Waals surface area contributed by atoms with Crippen molar-refractivity contribution < 1.29 is 17.9 Å². The van der Waals surface area contributed by atoms with Crippen LogP contribution in [0.15, 0.2) is 29.2 Å². The highest BCUT2D eigenvalue weighted by Gasteiger charge is 2.26. The van der Waals surface area contributed by atoms with Crippen LogP contribution in [0.3, 0.4) is 0 Å². The monoisotopic (exact) mass is 297 g/mol. The number of carbonyl (C=O) groups excluding carboxylic acids is 1. The van der Waals surface area contributed by atoms with E-state index < -0.39 is 10.0 Å². The van der Waals surface area contributed by atoms with Crippen molar-refractivity contribution in [3.8, 4) is 0 Å². The Bertz CT molecular complexity index is 574. The van der Waals surface area contributed by atoms with Crippen molar-refractivity contribution >= 4 is 15.8 Å². The fourth-order valence-electron chi connectivity index (χ4n) is 2.25. The number of carbonyl (C=O) groups is 1. The minimum atomic E-state index is -3.58. The second-order valence-corrected chi connectivity index (χ2v) is 6.76. The van der Waals surface area contributed by atoms with Crippen molar-refractivity contribution in [2.75, 3.05) is 6.61 Å². The fourth-order valence-corrected chi connectivity index (χ4v) is 3.53. The lowest BCUT2D eigenvalue weighted by atomic mass is 10.1. The highest BCUT2D eigenvalue weighted by atomic mass is 32.2. The minimum absolute atomic E-state index is 0.0683. The molecule has 1 aromatic carbocycles.